The minimum absolute atomic E-state index is 0.0578. The molecule has 0 aromatic heterocycles. The Kier molecular flexibility index (Phi) is 4.58. The van der Waals surface area contributed by atoms with Gasteiger partial charge in [-0.2, -0.15) is 0 Å². The zero-order chi connectivity index (χ0) is 16.6. The first kappa shape index (κ1) is 16.4. The van der Waals surface area contributed by atoms with E-state index in [9.17, 15) is 0 Å². The second kappa shape index (κ2) is 6.70. The van der Waals surface area contributed by atoms with Gasteiger partial charge in [0.05, 0.1) is 0 Å². The van der Waals surface area contributed by atoms with Gasteiger partial charge in [0.25, 0.3) is 0 Å². The van der Waals surface area contributed by atoms with Crippen molar-refractivity contribution in [1.82, 2.24) is 0 Å². The lowest BCUT2D eigenvalue weighted by atomic mass is 9.58. The van der Waals surface area contributed by atoms with Gasteiger partial charge in [-0.05, 0) is 43.4 Å². The van der Waals surface area contributed by atoms with Crippen LogP contribution in [0, 0.1) is 66.6 Å². The van der Waals surface area contributed by atoms with Crippen LogP contribution in [0.25, 0.3) is 0 Å². The molecule has 1 atom stereocenters. The molecule has 0 aliphatic heterocycles. The molecule has 0 nitrogen and oxygen atoms in total. The molecule has 0 saturated heterocycles. The number of unbranched alkanes of at least 4 members (excludes halogenated alkanes) is 1. The van der Waals surface area contributed by atoms with Crippen molar-refractivity contribution in [3.63, 3.8) is 0 Å². The molecule has 120 valence electrons. The van der Waals surface area contributed by atoms with Gasteiger partial charge < -0.3 is 0 Å². The van der Waals surface area contributed by atoms with E-state index < -0.39 is 0 Å². The molecule has 0 N–H and O–H groups in total. The fraction of sp³-hybridized carbons (Fsp3) is 0.250. The summed E-state index contributed by atoms with van der Waals surface area (Å²) < 4.78 is 0. The van der Waals surface area contributed by atoms with Crippen LogP contribution < -0.4 is 0 Å². The summed E-state index contributed by atoms with van der Waals surface area (Å²) in [6.07, 6.45) is 30.4. The van der Waals surface area contributed by atoms with Crippen molar-refractivity contribution in [2.45, 2.75) is 33.1 Å². The van der Waals surface area contributed by atoms with Crippen LogP contribution in [-0.2, 0) is 0 Å². The smallest absolute Gasteiger partial charge is 0.0209 e. The van der Waals surface area contributed by atoms with E-state index >= 15 is 0 Å². The summed E-state index contributed by atoms with van der Waals surface area (Å²) in [6.45, 7) is 4.72. The van der Waals surface area contributed by atoms with Crippen LogP contribution in [0.5, 0.6) is 0 Å². The Labute approximate surface area is 148 Å². The molecule has 0 heteroatoms. The molecule has 0 aromatic rings. The van der Waals surface area contributed by atoms with Crippen LogP contribution in [0.4, 0.5) is 0 Å². The third-order valence-electron chi connectivity index (χ3n) is 5.56. The second-order valence-electron chi connectivity index (χ2n) is 7.08. The summed E-state index contributed by atoms with van der Waals surface area (Å²) in [5.74, 6) is 8.55. The molecular weight excluding hydrogens is 288 g/mol. The lowest BCUT2D eigenvalue weighted by Crippen LogP contribution is -2.36. The second-order valence-corrected chi connectivity index (χ2v) is 7.08. The Morgan fingerprint density at radius 3 is 1.75 bits per heavy atom. The lowest BCUT2D eigenvalue weighted by molar-refractivity contribution is 0.348. The standard InChI is InChI=1S/C24H24/c1-3-4-17-24(2,18-11-5-6-12-18)23-21-15-9-7-13-19(21)20-14-8-10-16-22(20)23/h5-16H,3-4,17H2,1-2H3. The molecule has 10 radical (unpaired) electrons. The van der Waals surface area contributed by atoms with Crippen LogP contribution in [-0.4, -0.2) is 0 Å². The lowest BCUT2D eigenvalue weighted by Gasteiger charge is -2.45. The molecule has 0 amide bonds. The topological polar surface area (TPSA) is 0 Å². The molecule has 0 spiro atoms. The third-order valence-corrected chi connectivity index (χ3v) is 5.56. The van der Waals surface area contributed by atoms with E-state index in [1.165, 1.54) is 54.8 Å². The summed E-state index contributed by atoms with van der Waals surface area (Å²) in [6, 6.07) is 0. The number of hydrogen-bond acceptors (Lipinski definition) is 0. The summed E-state index contributed by atoms with van der Waals surface area (Å²) in [5, 5.41) is 0. The Hall–Kier alpha value is -1.04. The fourth-order valence-corrected chi connectivity index (χ4v) is 4.30. The maximum absolute atomic E-state index is 2.44. The Morgan fingerprint density at radius 2 is 1.25 bits per heavy atom. The van der Waals surface area contributed by atoms with Crippen molar-refractivity contribution in [2.24, 2.45) is 5.41 Å². The molecule has 2 saturated carbocycles. The third kappa shape index (κ3) is 2.57. The highest BCUT2D eigenvalue weighted by atomic mass is 14.6. The molecule has 0 bridgehead atoms. The average molecular weight is 312 g/mol. The highest BCUT2D eigenvalue weighted by Crippen LogP contribution is 2.66. The first-order chi connectivity index (χ1) is 11.8. The monoisotopic (exact) mass is 312 g/mol. The van der Waals surface area contributed by atoms with Crippen LogP contribution in [0.3, 0.4) is 0 Å². The van der Waals surface area contributed by atoms with Crippen molar-refractivity contribution < 1.29 is 0 Å². The molecule has 0 heterocycles. The van der Waals surface area contributed by atoms with E-state index in [1.54, 1.807) is 0 Å². The van der Waals surface area contributed by atoms with Gasteiger partial charge >= 0.3 is 0 Å². The van der Waals surface area contributed by atoms with Gasteiger partial charge in [-0.1, -0.05) is 75.3 Å². The van der Waals surface area contributed by atoms with Gasteiger partial charge in [0.2, 0.25) is 0 Å². The minimum atomic E-state index is 0.0578. The Morgan fingerprint density at radius 1 is 0.750 bits per heavy atom. The van der Waals surface area contributed by atoms with Crippen molar-refractivity contribution >= 4 is 0 Å². The van der Waals surface area contributed by atoms with Crippen LogP contribution in [0.2, 0.25) is 0 Å². The fourth-order valence-electron chi connectivity index (χ4n) is 4.30. The van der Waals surface area contributed by atoms with Gasteiger partial charge in [-0.25, -0.2) is 0 Å². The molecule has 4 rings (SSSR count). The van der Waals surface area contributed by atoms with E-state index in [0.717, 1.165) is 0 Å². The van der Waals surface area contributed by atoms with Gasteiger partial charge in [-0.15, -0.1) is 0 Å². The maximum atomic E-state index is 2.44. The quantitative estimate of drug-likeness (QED) is 0.608. The first-order valence-electron chi connectivity index (χ1n) is 9.04. The van der Waals surface area contributed by atoms with Crippen LogP contribution in [0.15, 0.2) is 48.6 Å². The normalized spacial score (nSPS) is 28.6. The first-order valence-corrected chi connectivity index (χ1v) is 9.04. The molecule has 0 aromatic carbocycles. The van der Waals surface area contributed by atoms with Crippen molar-refractivity contribution in [3.05, 3.63) is 110 Å². The van der Waals surface area contributed by atoms with Crippen molar-refractivity contribution in [3.8, 4) is 0 Å². The predicted octanol–water partition coefficient (Wildman–Crippen LogP) is 5.73. The number of hydrogen-bond donors (Lipinski definition) is 0. The van der Waals surface area contributed by atoms with E-state index in [2.05, 4.69) is 88.1 Å². The maximum Gasteiger partial charge on any atom is 0.0209 e. The summed E-state index contributed by atoms with van der Waals surface area (Å²) in [5.41, 5.74) is 0.0578. The summed E-state index contributed by atoms with van der Waals surface area (Å²) in [7, 11) is 0. The largest absolute Gasteiger partial charge is 0.0758 e. The van der Waals surface area contributed by atoms with E-state index in [-0.39, 0.29) is 5.41 Å². The van der Waals surface area contributed by atoms with E-state index in [4.69, 9.17) is 0 Å². The van der Waals surface area contributed by atoms with Crippen molar-refractivity contribution in [1.29, 1.82) is 0 Å². The predicted molar refractivity (Wildman–Crippen MR) is 101 cm³/mol. The highest BCUT2D eigenvalue weighted by Gasteiger charge is 2.58. The zero-order valence-corrected chi connectivity index (χ0v) is 14.5. The van der Waals surface area contributed by atoms with Gasteiger partial charge in [0, 0.05) is 29.6 Å². The number of fused-ring (bicyclic) bond motifs is 3. The van der Waals surface area contributed by atoms with Gasteiger partial charge in [-0.3, -0.25) is 0 Å². The molecule has 4 aliphatic rings. The minimum Gasteiger partial charge on any atom is -0.0758 e. The molecule has 1 unspecified atom stereocenters. The van der Waals surface area contributed by atoms with Crippen molar-refractivity contribution in [2.75, 3.05) is 0 Å². The number of rotatable bonds is 5. The van der Waals surface area contributed by atoms with Gasteiger partial charge in [0.1, 0.15) is 0 Å². The Bertz CT molecular complexity index is 523. The number of allylic oxidation sites excluding steroid dienone is 8. The molecule has 2 fully saturated rings. The molecule has 4 aliphatic carbocycles. The van der Waals surface area contributed by atoms with E-state index in [1.807, 2.05) is 0 Å². The summed E-state index contributed by atoms with van der Waals surface area (Å²) in [4.78, 5) is 0. The van der Waals surface area contributed by atoms with Crippen LogP contribution in [0.1, 0.15) is 33.1 Å². The highest BCUT2D eigenvalue weighted by molar-refractivity contribution is 5.78. The zero-order valence-electron chi connectivity index (χ0n) is 14.5. The van der Waals surface area contributed by atoms with Gasteiger partial charge in [0.15, 0.2) is 0 Å². The van der Waals surface area contributed by atoms with E-state index in [0.29, 0.717) is 0 Å². The summed E-state index contributed by atoms with van der Waals surface area (Å²) >= 11 is 0. The molecular formula is C24H24. The Balaban J connectivity index is 1.72. The SMILES string of the molecule is CCCCC(C)([C]1[CH][CH][CH][CH]1)[C]1[C]2C=CC=C[C]2[C]2C=CC=C[C]21. The average Bonchev–Trinajstić information content (AvgIpc) is 3.26. The molecule has 24 heavy (non-hydrogen) atoms. The van der Waals surface area contributed by atoms with Crippen LogP contribution >= 0.6 is 0 Å².